The third-order valence-corrected chi connectivity index (χ3v) is 3.26. The molecule has 1 N–H and O–H groups in total. The fourth-order valence-electron chi connectivity index (χ4n) is 1.32. The van der Waals surface area contributed by atoms with Crippen LogP contribution in [-0.4, -0.2) is 10.1 Å². The molecule has 0 unspecified atom stereocenters. The van der Waals surface area contributed by atoms with Gasteiger partial charge in [0.05, 0.1) is 11.5 Å². The van der Waals surface area contributed by atoms with Gasteiger partial charge in [-0.1, -0.05) is 23.9 Å². The fraction of sp³-hybridized carbons (Fsp3) is 0.0833. The second kappa shape index (κ2) is 5.09. The van der Waals surface area contributed by atoms with Gasteiger partial charge in [-0.3, -0.25) is 4.98 Å². The van der Waals surface area contributed by atoms with Crippen molar-refractivity contribution in [2.75, 3.05) is 0 Å². The zero-order chi connectivity index (χ0) is 11.4. The highest BCUT2D eigenvalue weighted by Gasteiger charge is 2.09. The molecular formula is C12H10FNOS. The van der Waals surface area contributed by atoms with Gasteiger partial charge in [-0.05, 0) is 23.8 Å². The van der Waals surface area contributed by atoms with E-state index in [1.54, 1.807) is 36.7 Å². The molecule has 1 aromatic heterocycles. The van der Waals surface area contributed by atoms with E-state index < -0.39 is 0 Å². The molecule has 0 saturated carbocycles. The van der Waals surface area contributed by atoms with Crippen molar-refractivity contribution in [2.24, 2.45) is 0 Å². The predicted octanol–water partition coefficient (Wildman–Crippen LogP) is 2.86. The molecule has 82 valence electrons. The Labute approximate surface area is 97.2 Å². The minimum Gasteiger partial charge on any atom is -0.392 e. The lowest BCUT2D eigenvalue weighted by molar-refractivity contribution is 0.277. The molecule has 0 aliphatic carbocycles. The number of aliphatic hydroxyl groups excluding tert-OH is 1. The first-order valence-corrected chi connectivity index (χ1v) is 5.59. The molecule has 2 nitrogen and oxygen atoms in total. The van der Waals surface area contributed by atoms with Crippen molar-refractivity contribution in [3.8, 4) is 0 Å². The smallest absolute Gasteiger partial charge is 0.137 e. The van der Waals surface area contributed by atoms with E-state index in [0.717, 1.165) is 4.90 Å². The maximum absolute atomic E-state index is 13.6. The number of rotatable bonds is 3. The quantitative estimate of drug-likeness (QED) is 0.888. The summed E-state index contributed by atoms with van der Waals surface area (Å²) in [5.41, 5.74) is 0.599. The van der Waals surface area contributed by atoms with Crippen LogP contribution < -0.4 is 0 Å². The lowest BCUT2D eigenvalue weighted by Gasteiger charge is -2.07. The van der Waals surface area contributed by atoms with E-state index in [0.29, 0.717) is 10.5 Å². The summed E-state index contributed by atoms with van der Waals surface area (Å²) < 4.78 is 13.6. The summed E-state index contributed by atoms with van der Waals surface area (Å²) in [4.78, 5) is 5.26. The topological polar surface area (TPSA) is 33.1 Å². The summed E-state index contributed by atoms with van der Waals surface area (Å²) >= 11 is 1.29. The number of aromatic nitrogens is 1. The van der Waals surface area contributed by atoms with Crippen LogP contribution in [0.15, 0.2) is 52.5 Å². The van der Waals surface area contributed by atoms with E-state index in [1.807, 2.05) is 0 Å². The number of halogens is 1. The molecule has 4 heteroatoms. The normalized spacial score (nSPS) is 10.4. The Morgan fingerprint density at radius 3 is 2.62 bits per heavy atom. The highest BCUT2D eigenvalue weighted by molar-refractivity contribution is 7.99. The van der Waals surface area contributed by atoms with E-state index in [9.17, 15) is 4.39 Å². The monoisotopic (exact) mass is 235 g/mol. The zero-order valence-electron chi connectivity index (χ0n) is 8.43. The summed E-state index contributed by atoms with van der Waals surface area (Å²) in [5.74, 6) is -0.312. The van der Waals surface area contributed by atoms with Crippen LogP contribution in [0, 0.1) is 5.82 Å². The van der Waals surface area contributed by atoms with Crippen LogP contribution in [0.25, 0.3) is 0 Å². The Morgan fingerprint density at radius 1 is 1.19 bits per heavy atom. The molecule has 0 amide bonds. The van der Waals surface area contributed by atoms with Crippen LogP contribution in [0.1, 0.15) is 5.56 Å². The molecule has 0 aliphatic rings. The van der Waals surface area contributed by atoms with E-state index in [-0.39, 0.29) is 12.4 Å². The van der Waals surface area contributed by atoms with Crippen molar-refractivity contribution in [1.29, 1.82) is 0 Å². The molecule has 2 rings (SSSR count). The number of pyridine rings is 1. The second-order valence-corrected chi connectivity index (χ2v) is 4.25. The molecule has 0 radical (unpaired) electrons. The number of aliphatic hydroxyl groups is 1. The van der Waals surface area contributed by atoms with Gasteiger partial charge in [0.25, 0.3) is 0 Å². The molecule has 0 spiro atoms. The van der Waals surface area contributed by atoms with Gasteiger partial charge in [0.15, 0.2) is 0 Å². The van der Waals surface area contributed by atoms with Crippen LogP contribution in [0.4, 0.5) is 4.39 Å². The number of hydrogen-bond acceptors (Lipinski definition) is 3. The number of nitrogens with zero attached hydrogens (tertiary/aromatic N) is 1. The van der Waals surface area contributed by atoms with Crippen LogP contribution in [-0.2, 0) is 6.61 Å². The van der Waals surface area contributed by atoms with Crippen LogP contribution in [0.3, 0.4) is 0 Å². The van der Waals surface area contributed by atoms with Crippen LogP contribution >= 0.6 is 11.8 Å². The molecule has 0 bridgehead atoms. The largest absolute Gasteiger partial charge is 0.392 e. The van der Waals surface area contributed by atoms with Gasteiger partial charge in [-0.2, -0.15) is 0 Å². The van der Waals surface area contributed by atoms with Gasteiger partial charge < -0.3 is 5.11 Å². The van der Waals surface area contributed by atoms with Gasteiger partial charge >= 0.3 is 0 Å². The Morgan fingerprint density at radius 2 is 1.94 bits per heavy atom. The van der Waals surface area contributed by atoms with Crippen molar-refractivity contribution < 1.29 is 9.50 Å². The van der Waals surface area contributed by atoms with E-state index in [2.05, 4.69) is 4.98 Å². The summed E-state index contributed by atoms with van der Waals surface area (Å²) in [6.07, 6.45) is 3.31. The summed E-state index contributed by atoms with van der Waals surface area (Å²) in [5, 5.41) is 9.13. The lowest BCUT2D eigenvalue weighted by Crippen LogP contribution is -1.91. The minimum atomic E-state index is -0.312. The van der Waals surface area contributed by atoms with Crippen molar-refractivity contribution in [2.45, 2.75) is 16.4 Å². The standard InChI is InChI=1S/C12H10FNOS/c13-11-3-1-2-9(8-15)12(11)16-10-4-6-14-7-5-10/h1-7,15H,8H2. The molecular weight excluding hydrogens is 225 g/mol. The first-order valence-electron chi connectivity index (χ1n) is 4.77. The maximum Gasteiger partial charge on any atom is 0.137 e. The lowest BCUT2D eigenvalue weighted by atomic mass is 10.2. The Hall–Kier alpha value is -1.39. The molecule has 1 aromatic carbocycles. The SMILES string of the molecule is OCc1cccc(F)c1Sc1ccncc1. The number of benzene rings is 1. The highest BCUT2D eigenvalue weighted by Crippen LogP contribution is 2.32. The maximum atomic E-state index is 13.6. The van der Waals surface area contributed by atoms with Gasteiger partial charge in [0, 0.05) is 17.3 Å². The van der Waals surface area contributed by atoms with Crippen LogP contribution in [0.5, 0.6) is 0 Å². The Bertz CT molecular complexity index is 476. The molecule has 0 fully saturated rings. The van der Waals surface area contributed by atoms with E-state index in [4.69, 9.17) is 5.11 Å². The highest BCUT2D eigenvalue weighted by atomic mass is 32.2. The first-order chi connectivity index (χ1) is 7.81. The molecule has 2 aromatic rings. The van der Waals surface area contributed by atoms with Crippen molar-refractivity contribution in [3.05, 3.63) is 54.1 Å². The van der Waals surface area contributed by atoms with Crippen molar-refractivity contribution in [1.82, 2.24) is 4.98 Å². The van der Waals surface area contributed by atoms with E-state index in [1.165, 1.54) is 17.8 Å². The van der Waals surface area contributed by atoms with Crippen molar-refractivity contribution >= 4 is 11.8 Å². The first kappa shape index (κ1) is 11.1. The summed E-state index contributed by atoms with van der Waals surface area (Å²) in [7, 11) is 0. The average Bonchev–Trinajstić information content (AvgIpc) is 2.33. The third kappa shape index (κ3) is 2.40. The van der Waals surface area contributed by atoms with Gasteiger partial charge in [-0.15, -0.1) is 0 Å². The second-order valence-electron chi connectivity index (χ2n) is 3.17. The molecule has 0 aliphatic heterocycles. The van der Waals surface area contributed by atoms with E-state index >= 15 is 0 Å². The van der Waals surface area contributed by atoms with Crippen LogP contribution in [0.2, 0.25) is 0 Å². The summed E-state index contributed by atoms with van der Waals surface area (Å²) in [6, 6.07) is 8.31. The fourth-order valence-corrected chi connectivity index (χ4v) is 2.24. The predicted molar refractivity (Wildman–Crippen MR) is 60.7 cm³/mol. The zero-order valence-corrected chi connectivity index (χ0v) is 9.25. The average molecular weight is 235 g/mol. The molecule has 0 saturated heterocycles. The third-order valence-electron chi connectivity index (χ3n) is 2.09. The summed E-state index contributed by atoms with van der Waals surface area (Å²) in [6.45, 7) is -0.162. The minimum absolute atomic E-state index is 0.162. The van der Waals surface area contributed by atoms with Gasteiger partial charge in [0.1, 0.15) is 5.82 Å². The van der Waals surface area contributed by atoms with Gasteiger partial charge in [-0.25, -0.2) is 4.39 Å². The Kier molecular flexibility index (Phi) is 3.54. The van der Waals surface area contributed by atoms with Gasteiger partial charge in [0.2, 0.25) is 0 Å². The van der Waals surface area contributed by atoms with Crippen molar-refractivity contribution in [3.63, 3.8) is 0 Å². The molecule has 1 heterocycles. The number of hydrogen-bond donors (Lipinski definition) is 1. The molecule has 16 heavy (non-hydrogen) atoms. The molecule has 0 atom stereocenters. The Balaban J connectivity index is 2.34.